The maximum absolute atomic E-state index is 12.5. The minimum Gasteiger partial charge on any atom is -0.326 e. The quantitative estimate of drug-likeness (QED) is 0.728. The van der Waals surface area contributed by atoms with Crippen LogP contribution < -0.4 is 16.0 Å². The number of benzene rings is 1. The fourth-order valence-electron chi connectivity index (χ4n) is 3.06. The summed E-state index contributed by atoms with van der Waals surface area (Å²) >= 11 is 0. The number of aromatic nitrogens is 1. The predicted octanol–water partition coefficient (Wildman–Crippen LogP) is 2.05. The number of amides is 2. The standard InChI is InChI=1S/C19H23N5O2.ClH/c1-14(25)22-16-4-6-17(7-5-16)23-19(26)13-24-10-9-21-12-18(24)15-3-2-8-20-11-15;/h2-8,11,18,21H,9-10,12-13H2,1H3,(H,22,25)(H,23,26);1H. The summed E-state index contributed by atoms with van der Waals surface area (Å²) in [6.07, 6.45) is 3.60. The molecule has 0 aliphatic carbocycles. The third kappa shape index (κ3) is 6.02. The molecule has 1 aliphatic rings. The van der Waals surface area contributed by atoms with Crippen molar-refractivity contribution >= 4 is 35.6 Å². The summed E-state index contributed by atoms with van der Waals surface area (Å²) in [4.78, 5) is 29.9. The summed E-state index contributed by atoms with van der Waals surface area (Å²) in [5, 5.41) is 8.99. The lowest BCUT2D eigenvalue weighted by atomic mass is 10.1. The molecule has 2 aromatic rings. The molecule has 1 aromatic carbocycles. The molecule has 0 bridgehead atoms. The van der Waals surface area contributed by atoms with Crippen LogP contribution in [0, 0.1) is 0 Å². The topological polar surface area (TPSA) is 86.4 Å². The van der Waals surface area contributed by atoms with E-state index in [2.05, 4.69) is 25.8 Å². The van der Waals surface area contributed by atoms with Crippen LogP contribution in [0.3, 0.4) is 0 Å². The molecule has 144 valence electrons. The predicted molar refractivity (Wildman–Crippen MR) is 108 cm³/mol. The van der Waals surface area contributed by atoms with Gasteiger partial charge in [0.25, 0.3) is 0 Å². The summed E-state index contributed by atoms with van der Waals surface area (Å²) < 4.78 is 0. The molecule has 0 saturated carbocycles. The highest BCUT2D eigenvalue weighted by atomic mass is 35.5. The average molecular weight is 390 g/mol. The Balaban J connectivity index is 0.00000261. The Morgan fingerprint density at radius 3 is 2.52 bits per heavy atom. The van der Waals surface area contributed by atoms with Crippen LogP contribution in [0.2, 0.25) is 0 Å². The Morgan fingerprint density at radius 1 is 1.19 bits per heavy atom. The number of hydrogen-bond acceptors (Lipinski definition) is 5. The van der Waals surface area contributed by atoms with Crippen LogP contribution >= 0.6 is 12.4 Å². The maximum Gasteiger partial charge on any atom is 0.238 e. The van der Waals surface area contributed by atoms with Crippen molar-refractivity contribution < 1.29 is 9.59 Å². The number of carbonyl (C=O) groups excluding carboxylic acids is 2. The Bertz CT molecular complexity index is 754. The molecule has 1 atom stereocenters. The Hall–Kier alpha value is -2.48. The zero-order valence-electron chi connectivity index (χ0n) is 15.1. The first kappa shape index (κ1) is 20.8. The van der Waals surface area contributed by atoms with Gasteiger partial charge in [0, 0.05) is 56.4 Å². The van der Waals surface area contributed by atoms with Gasteiger partial charge in [-0.15, -0.1) is 12.4 Å². The van der Waals surface area contributed by atoms with E-state index < -0.39 is 0 Å². The van der Waals surface area contributed by atoms with E-state index in [0.29, 0.717) is 17.9 Å². The summed E-state index contributed by atoms with van der Waals surface area (Å²) in [6.45, 7) is 4.23. The minimum absolute atomic E-state index is 0. The molecule has 1 aliphatic heterocycles. The highest BCUT2D eigenvalue weighted by Gasteiger charge is 2.25. The number of nitrogens with zero attached hydrogens (tertiary/aromatic N) is 2. The Labute approximate surface area is 165 Å². The number of piperazine rings is 1. The molecule has 2 amide bonds. The molecule has 0 spiro atoms. The van der Waals surface area contributed by atoms with Gasteiger partial charge in [-0.1, -0.05) is 6.07 Å². The summed E-state index contributed by atoms with van der Waals surface area (Å²) in [5.74, 6) is -0.185. The molecular weight excluding hydrogens is 366 g/mol. The van der Waals surface area contributed by atoms with E-state index >= 15 is 0 Å². The van der Waals surface area contributed by atoms with Crippen molar-refractivity contribution in [2.24, 2.45) is 0 Å². The van der Waals surface area contributed by atoms with E-state index in [1.165, 1.54) is 6.92 Å². The number of hydrogen-bond donors (Lipinski definition) is 3. The second kappa shape index (κ2) is 10.0. The molecular formula is C19H24ClN5O2. The maximum atomic E-state index is 12.5. The van der Waals surface area contributed by atoms with Crippen LogP contribution in [0.1, 0.15) is 18.5 Å². The van der Waals surface area contributed by atoms with E-state index in [9.17, 15) is 9.59 Å². The highest BCUT2D eigenvalue weighted by molar-refractivity contribution is 5.93. The van der Waals surface area contributed by atoms with Gasteiger partial charge in [-0.3, -0.25) is 19.5 Å². The van der Waals surface area contributed by atoms with Crippen molar-refractivity contribution in [2.45, 2.75) is 13.0 Å². The van der Waals surface area contributed by atoms with Crippen molar-refractivity contribution in [2.75, 3.05) is 36.8 Å². The van der Waals surface area contributed by atoms with Gasteiger partial charge >= 0.3 is 0 Å². The van der Waals surface area contributed by atoms with E-state index in [1.807, 2.05) is 18.3 Å². The number of pyridine rings is 1. The van der Waals surface area contributed by atoms with Crippen LogP contribution in [0.5, 0.6) is 0 Å². The van der Waals surface area contributed by atoms with E-state index in [4.69, 9.17) is 0 Å². The number of carbonyl (C=O) groups is 2. The van der Waals surface area contributed by atoms with E-state index in [0.717, 1.165) is 25.2 Å². The van der Waals surface area contributed by atoms with Crippen molar-refractivity contribution in [3.05, 3.63) is 54.4 Å². The third-order valence-electron chi connectivity index (χ3n) is 4.26. The van der Waals surface area contributed by atoms with Crippen LogP contribution in [0.4, 0.5) is 11.4 Å². The molecule has 0 radical (unpaired) electrons. The smallest absolute Gasteiger partial charge is 0.238 e. The van der Waals surface area contributed by atoms with Gasteiger partial charge in [0.2, 0.25) is 11.8 Å². The molecule has 1 unspecified atom stereocenters. The van der Waals surface area contributed by atoms with E-state index in [-0.39, 0.29) is 30.3 Å². The largest absolute Gasteiger partial charge is 0.326 e. The first-order valence-electron chi connectivity index (χ1n) is 8.64. The molecule has 1 aromatic heterocycles. The van der Waals surface area contributed by atoms with Gasteiger partial charge in [0.05, 0.1) is 6.54 Å². The van der Waals surface area contributed by atoms with Crippen molar-refractivity contribution in [1.29, 1.82) is 0 Å². The Kier molecular flexibility index (Phi) is 7.72. The highest BCUT2D eigenvalue weighted by Crippen LogP contribution is 2.21. The number of anilines is 2. The second-order valence-electron chi connectivity index (χ2n) is 6.28. The lowest BCUT2D eigenvalue weighted by molar-refractivity contribution is -0.118. The fourth-order valence-corrected chi connectivity index (χ4v) is 3.06. The normalized spacial score (nSPS) is 16.9. The molecule has 8 heteroatoms. The second-order valence-corrected chi connectivity index (χ2v) is 6.28. The fraction of sp³-hybridized carbons (Fsp3) is 0.316. The first-order valence-corrected chi connectivity index (χ1v) is 8.64. The molecule has 27 heavy (non-hydrogen) atoms. The summed E-state index contributed by atoms with van der Waals surface area (Å²) in [5.41, 5.74) is 2.51. The van der Waals surface area contributed by atoms with Crippen molar-refractivity contribution in [3.63, 3.8) is 0 Å². The number of halogens is 1. The van der Waals surface area contributed by atoms with Crippen LogP contribution in [-0.2, 0) is 9.59 Å². The van der Waals surface area contributed by atoms with Crippen LogP contribution in [-0.4, -0.2) is 47.9 Å². The molecule has 1 saturated heterocycles. The number of rotatable bonds is 5. The van der Waals surface area contributed by atoms with Crippen LogP contribution in [0.25, 0.3) is 0 Å². The lowest BCUT2D eigenvalue weighted by Crippen LogP contribution is -2.48. The van der Waals surface area contributed by atoms with Crippen molar-refractivity contribution in [1.82, 2.24) is 15.2 Å². The van der Waals surface area contributed by atoms with Gasteiger partial charge in [0.1, 0.15) is 0 Å². The zero-order valence-corrected chi connectivity index (χ0v) is 16.0. The summed E-state index contributed by atoms with van der Waals surface area (Å²) in [6, 6.07) is 11.2. The molecule has 3 N–H and O–H groups in total. The molecule has 1 fully saturated rings. The average Bonchev–Trinajstić information content (AvgIpc) is 2.64. The van der Waals surface area contributed by atoms with Gasteiger partial charge in [0.15, 0.2) is 0 Å². The first-order chi connectivity index (χ1) is 12.6. The lowest BCUT2D eigenvalue weighted by Gasteiger charge is -2.35. The molecule has 7 nitrogen and oxygen atoms in total. The molecule has 3 rings (SSSR count). The van der Waals surface area contributed by atoms with Gasteiger partial charge in [-0.2, -0.15) is 0 Å². The SMILES string of the molecule is CC(=O)Nc1ccc(NC(=O)CN2CCNCC2c2cccnc2)cc1.Cl. The monoisotopic (exact) mass is 389 g/mol. The summed E-state index contributed by atoms with van der Waals surface area (Å²) in [7, 11) is 0. The van der Waals surface area contributed by atoms with Crippen LogP contribution in [0.15, 0.2) is 48.8 Å². The zero-order chi connectivity index (χ0) is 18.4. The number of nitrogens with one attached hydrogen (secondary N) is 3. The van der Waals surface area contributed by atoms with Gasteiger partial charge in [-0.05, 0) is 35.9 Å². The third-order valence-corrected chi connectivity index (χ3v) is 4.26. The minimum atomic E-state index is -0.123. The Morgan fingerprint density at radius 2 is 1.89 bits per heavy atom. The molecule has 2 heterocycles. The van der Waals surface area contributed by atoms with Crippen molar-refractivity contribution in [3.8, 4) is 0 Å². The van der Waals surface area contributed by atoms with Gasteiger partial charge < -0.3 is 16.0 Å². The van der Waals surface area contributed by atoms with E-state index in [1.54, 1.807) is 30.5 Å². The van der Waals surface area contributed by atoms with Gasteiger partial charge in [-0.25, -0.2) is 0 Å².